The minimum Gasteiger partial charge on any atom is -0.481 e. The fourth-order valence-corrected chi connectivity index (χ4v) is 0.656. The highest BCUT2D eigenvalue weighted by Crippen LogP contribution is 1.96. The van der Waals surface area contributed by atoms with Crippen LogP contribution in [0.15, 0.2) is 0 Å². The molecule has 0 aromatic rings. The summed E-state index contributed by atoms with van der Waals surface area (Å²) >= 11 is 0. The molecular weight excluding hydrogens is 132 g/mol. The summed E-state index contributed by atoms with van der Waals surface area (Å²) in [6, 6.07) is -0.612. The molecule has 2 atom stereocenters. The van der Waals surface area contributed by atoms with Gasteiger partial charge in [0.25, 0.3) is 0 Å². The quantitative estimate of drug-likeness (QED) is 0.500. The monoisotopic (exact) mass is 146 g/mol. The van der Waals surface area contributed by atoms with Gasteiger partial charge in [-0.25, -0.2) is 0 Å². The Labute approximate surface area is 60.2 Å². The van der Waals surface area contributed by atoms with Gasteiger partial charge in [-0.15, -0.1) is 0 Å². The summed E-state index contributed by atoms with van der Waals surface area (Å²) in [4.78, 5) is 10.1. The van der Waals surface area contributed by atoms with Crippen molar-refractivity contribution in [3.8, 4) is 0 Å². The number of hydrogen-bond donors (Lipinski definition) is 3. The molecule has 0 radical (unpaired) electrons. The zero-order valence-corrected chi connectivity index (χ0v) is 6.08. The van der Waals surface area contributed by atoms with Crippen LogP contribution in [0.3, 0.4) is 0 Å². The first-order valence-corrected chi connectivity index (χ1v) is 3.30. The van der Waals surface area contributed by atoms with Gasteiger partial charge < -0.3 is 16.6 Å². The maximum Gasteiger partial charge on any atom is 0.304 e. The van der Waals surface area contributed by atoms with E-state index in [1.807, 2.05) is 6.92 Å². The highest BCUT2D eigenvalue weighted by Gasteiger charge is 2.13. The molecule has 0 aromatic heterocycles. The maximum absolute atomic E-state index is 10.1. The van der Waals surface area contributed by atoms with E-state index < -0.39 is 12.0 Å². The van der Waals surface area contributed by atoms with Gasteiger partial charge in [0.1, 0.15) is 0 Å². The summed E-state index contributed by atoms with van der Waals surface area (Å²) in [5.41, 5.74) is 10.9. The van der Waals surface area contributed by atoms with Crippen molar-refractivity contribution in [1.29, 1.82) is 0 Å². The van der Waals surface area contributed by atoms with E-state index in [4.69, 9.17) is 16.6 Å². The van der Waals surface area contributed by atoms with E-state index in [1.165, 1.54) is 0 Å². The summed E-state index contributed by atoms with van der Waals surface area (Å²) in [6.45, 7) is 1.88. The SMILES string of the molecule is CC[C@H](N)[C@H](N)CC(=O)O. The van der Waals surface area contributed by atoms with E-state index >= 15 is 0 Å². The van der Waals surface area contributed by atoms with E-state index in [-0.39, 0.29) is 12.5 Å². The Morgan fingerprint density at radius 2 is 2.00 bits per heavy atom. The van der Waals surface area contributed by atoms with Crippen LogP contribution in [-0.4, -0.2) is 23.2 Å². The molecule has 0 amide bonds. The molecule has 0 aliphatic rings. The molecule has 0 aliphatic heterocycles. The molecule has 0 heterocycles. The largest absolute Gasteiger partial charge is 0.481 e. The van der Waals surface area contributed by atoms with Crippen molar-refractivity contribution >= 4 is 5.97 Å². The highest BCUT2D eigenvalue weighted by atomic mass is 16.4. The van der Waals surface area contributed by atoms with Crippen molar-refractivity contribution in [2.45, 2.75) is 31.8 Å². The third-order valence-electron chi connectivity index (χ3n) is 1.43. The summed E-state index contributed by atoms with van der Waals surface area (Å²) in [5, 5.41) is 8.29. The lowest BCUT2D eigenvalue weighted by molar-refractivity contribution is -0.137. The topological polar surface area (TPSA) is 89.3 Å². The van der Waals surface area contributed by atoms with Gasteiger partial charge in [-0.1, -0.05) is 6.92 Å². The Morgan fingerprint density at radius 3 is 2.30 bits per heavy atom. The molecule has 4 heteroatoms. The molecule has 60 valence electrons. The lowest BCUT2D eigenvalue weighted by atomic mass is 10.1. The molecule has 0 bridgehead atoms. The zero-order valence-electron chi connectivity index (χ0n) is 6.08. The van der Waals surface area contributed by atoms with Gasteiger partial charge in [-0.05, 0) is 6.42 Å². The molecule has 0 spiro atoms. The standard InChI is InChI=1S/C6H14N2O2/c1-2-4(7)5(8)3-6(9)10/h4-5H,2-3,7-8H2,1H3,(H,9,10)/t4-,5+/m0/s1. The van der Waals surface area contributed by atoms with Crippen molar-refractivity contribution in [2.24, 2.45) is 11.5 Å². The minimum absolute atomic E-state index is 0.0466. The first-order valence-electron chi connectivity index (χ1n) is 3.30. The maximum atomic E-state index is 10.1. The van der Waals surface area contributed by atoms with Crippen LogP contribution in [0.2, 0.25) is 0 Å². The highest BCUT2D eigenvalue weighted by molar-refractivity contribution is 5.67. The van der Waals surface area contributed by atoms with Crippen LogP contribution in [0, 0.1) is 0 Å². The Balaban J connectivity index is 3.61. The van der Waals surface area contributed by atoms with Crippen LogP contribution in [-0.2, 0) is 4.79 Å². The number of aliphatic carboxylic acids is 1. The second-order valence-corrected chi connectivity index (χ2v) is 2.33. The van der Waals surface area contributed by atoms with Gasteiger partial charge in [-0.2, -0.15) is 0 Å². The Kier molecular flexibility index (Phi) is 3.99. The minimum atomic E-state index is -0.892. The third kappa shape index (κ3) is 3.42. The van der Waals surface area contributed by atoms with Gasteiger partial charge in [0.15, 0.2) is 0 Å². The van der Waals surface area contributed by atoms with E-state index in [0.29, 0.717) is 6.42 Å². The number of hydrogen-bond acceptors (Lipinski definition) is 3. The predicted molar refractivity (Wildman–Crippen MR) is 38.5 cm³/mol. The number of rotatable bonds is 4. The number of carboxylic acids is 1. The Bertz CT molecular complexity index is 116. The first kappa shape index (κ1) is 9.39. The van der Waals surface area contributed by atoms with Crippen molar-refractivity contribution in [1.82, 2.24) is 0 Å². The van der Waals surface area contributed by atoms with Crippen molar-refractivity contribution in [3.05, 3.63) is 0 Å². The zero-order chi connectivity index (χ0) is 8.15. The average molecular weight is 146 g/mol. The van der Waals surface area contributed by atoms with E-state index in [2.05, 4.69) is 0 Å². The normalized spacial score (nSPS) is 16.3. The summed E-state index contributed by atoms with van der Waals surface area (Å²) in [6.07, 6.45) is 0.670. The lowest BCUT2D eigenvalue weighted by Crippen LogP contribution is -2.42. The van der Waals surface area contributed by atoms with Crippen LogP contribution >= 0.6 is 0 Å². The van der Waals surface area contributed by atoms with Gasteiger partial charge in [0.05, 0.1) is 6.42 Å². The van der Waals surface area contributed by atoms with Crippen molar-refractivity contribution in [3.63, 3.8) is 0 Å². The van der Waals surface area contributed by atoms with Gasteiger partial charge in [0, 0.05) is 12.1 Å². The van der Waals surface area contributed by atoms with Crippen LogP contribution in [0.25, 0.3) is 0 Å². The lowest BCUT2D eigenvalue weighted by Gasteiger charge is -2.15. The van der Waals surface area contributed by atoms with Crippen molar-refractivity contribution < 1.29 is 9.90 Å². The number of carbonyl (C=O) groups is 1. The van der Waals surface area contributed by atoms with E-state index in [1.54, 1.807) is 0 Å². The second kappa shape index (κ2) is 4.24. The van der Waals surface area contributed by atoms with Crippen LogP contribution < -0.4 is 11.5 Å². The van der Waals surface area contributed by atoms with Gasteiger partial charge in [-0.3, -0.25) is 4.79 Å². The molecular formula is C6H14N2O2. The third-order valence-corrected chi connectivity index (χ3v) is 1.43. The molecule has 10 heavy (non-hydrogen) atoms. The average Bonchev–Trinajstić information content (AvgIpc) is 1.85. The molecule has 0 fully saturated rings. The molecule has 0 saturated heterocycles. The fraction of sp³-hybridized carbons (Fsp3) is 0.833. The molecule has 5 N–H and O–H groups in total. The van der Waals surface area contributed by atoms with Crippen LogP contribution in [0.4, 0.5) is 0 Å². The van der Waals surface area contributed by atoms with Crippen LogP contribution in [0.1, 0.15) is 19.8 Å². The van der Waals surface area contributed by atoms with Gasteiger partial charge >= 0.3 is 5.97 Å². The van der Waals surface area contributed by atoms with Crippen LogP contribution in [0.5, 0.6) is 0 Å². The summed E-state index contributed by atoms with van der Waals surface area (Å²) in [5.74, 6) is -0.892. The molecule has 0 saturated carbocycles. The number of nitrogens with two attached hydrogens (primary N) is 2. The van der Waals surface area contributed by atoms with Crippen molar-refractivity contribution in [2.75, 3.05) is 0 Å². The smallest absolute Gasteiger partial charge is 0.304 e. The molecule has 0 aromatic carbocycles. The van der Waals surface area contributed by atoms with Gasteiger partial charge in [0.2, 0.25) is 0 Å². The summed E-state index contributed by atoms with van der Waals surface area (Å²) in [7, 11) is 0. The van der Waals surface area contributed by atoms with E-state index in [9.17, 15) is 4.79 Å². The number of carboxylic acid groups (broad SMARTS) is 1. The molecule has 4 nitrogen and oxygen atoms in total. The Morgan fingerprint density at radius 1 is 1.50 bits per heavy atom. The molecule has 0 aliphatic carbocycles. The molecule has 0 unspecified atom stereocenters. The second-order valence-electron chi connectivity index (χ2n) is 2.33. The fourth-order valence-electron chi connectivity index (χ4n) is 0.656. The first-order chi connectivity index (χ1) is 4.57. The molecule has 0 rings (SSSR count). The Hall–Kier alpha value is -0.610. The summed E-state index contributed by atoms with van der Waals surface area (Å²) < 4.78 is 0. The predicted octanol–water partition coefficient (Wildman–Crippen LogP) is -0.474. The van der Waals surface area contributed by atoms with E-state index in [0.717, 1.165) is 0 Å².